The third kappa shape index (κ3) is 2.43. The molecule has 0 saturated heterocycles. The second kappa shape index (κ2) is 6.45. The van der Waals surface area contributed by atoms with Crippen LogP contribution in [0, 0.1) is 5.92 Å². The average molecular weight is 362 g/mol. The van der Waals surface area contributed by atoms with Gasteiger partial charge in [0, 0.05) is 17.4 Å². The number of ketones is 1. The predicted octanol–water partition coefficient (Wildman–Crippen LogP) is 6.84. The molecule has 0 spiro atoms. The number of carbonyl (C=O) groups excluding carboxylic acids is 1. The van der Waals surface area contributed by atoms with Crippen LogP contribution < -0.4 is 0 Å². The van der Waals surface area contributed by atoms with Crippen molar-refractivity contribution in [2.75, 3.05) is 0 Å². The second-order valence-corrected chi connectivity index (χ2v) is 7.88. The van der Waals surface area contributed by atoms with Gasteiger partial charge in [0.2, 0.25) is 0 Å². The zero-order valence-electron chi connectivity index (χ0n) is 16.1. The Bertz CT molecular complexity index is 1170. The minimum absolute atomic E-state index is 0.0450. The van der Waals surface area contributed by atoms with Crippen LogP contribution in [0.2, 0.25) is 0 Å². The van der Waals surface area contributed by atoms with E-state index in [4.69, 9.17) is 0 Å². The normalized spacial score (nSPS) is 13.0. The Hall–Kier alpha value is -3.19. The molecule has 0 heterocycles. The summed E-state index contributed by atoms with van der Waals surface area (Å²) in [4.78, 5) is 13.4. The van der Waals surface area contributed by atoms with Crippen LogP contribution in [-0.2, 0) is 0 Å². The largest absolute Gasteiger partial charge is 0.294 e. The fraction of sp³-hybridized carbons (Fsp3) is 0.148. The topological polar surface area (TPSA) is 17.1 Å². The van der Waals surface area contributed by atoms with Crippen molar-refractivity contribution in [3.8, 4) is 11.1 Å². The van der Waals surface area contributed by atoms with Gasteiger partial charge in [-0.05, 0) is 38.6 Å². The summed E-state index contributed by atoms with van der Waals surface area (Å²) < 4.78 is 0. The van der Waals surface area contributed by atoms with Gasteiger partial charge in [0.25, 0.3) is 0 Å². The lowest BCUT2D eigenvalue weighted by atomic mass is 9.81. The van der Waals surface area contributed by atoms with Crippen LogP contribution >= 0.6 is 0 Å². The van der Waals surface area contributed by atoms with Gasteiger partial charge < -0.3 is 0 Å². The van der Waals surface area contributed by atoms with E-state index in [1.807, 2.05) is 26.0 Å². The van der Waals surface area contributed by atoms with Gasteiger partial charge in [-0.1, -0.05) is 98.8 Å². The quantitative estimate of drug-likeness (QED) is 0.321. The SMILES string of the molecule is CC(C)C(=O)c1c(C2c3ccccc3-c3ccccc32)ccc2ccccc12. The van der Waals surface area contributed by atoms with Crippen molar-refractivity contribution in [2.24, 2.45) is 5.92 Å². The smallest absolute Gasteiger partial charge is 0.166 e. The lowest BCUT2D eigenvalue weighted by molar-refractivity contribution is 0.0940. The highest BCUT2D eigenvalue weighted by atomic mass is 16.1. The minimum Gasteiger partial charge on any atom is -0.294 e. The molecule has 0 aliphatic heterocycles. The standard InChI is InChI=1S/C27H22O/c1-17(2)27(28)26-19-10-4-3-9-18(19)15-16-24(26)25-22-13-7-5-11-20(22)21-12-6-8-14-23(21)25/h3-17,25H,1-2H3. The Labute approximate surface area is 165 Å². The molecule has 0 aromatic heterocycles. The van der Waals surface area contributed by atoms with E-state index in [0.717, 1.165) is 21.9 Å². The number of carbonyl (C=O) groups is 1. The summed E-state index contributed by atoms with van der Waals surface area (Å²) in [5.74, 6) is 0.264. The van der Waals surface area contributed by atoms with E-state index in [9.17, 15) is 4.79 Å². The minimum atomic E-state index is -0.0450. The average Bonchev–Trinajstić information content (AvgIpc) is 3.07. The molecule has 0 fully saturated rings. The number of fused-ring (bicyclic) bond motifs is 4. The maximum atomic E-state index is 13.4. The van der Waals surface area contributed by atoms with Crippen LogP contribution in [0.4, 0.5) is 0 Å². The van der Waals surface area contributed by atoms with E-state index < -0.39 is 0 Å². The van der Waals surface area contributed by atoms with E-state index >= 15 is 0 Å². The van der Waals surface area contributed by atoms with Crippen molar-refractivity contribution in [3.05, 3.63) is 107 Å². The molecular formula is C27H22O. The van der Waals surface area contributed by atoms with E-state index in [1.165, 1.54) is 22.3 Å². The lowest BCUT2D eigenvalue weighted by Gasteiger charge is -2.21. The van der Waals surface area contributed by atoms with Crippen LogP contribution in [0.3, 0.4) is 0 Å². The first-order valence-corrected chi connectivity index (χ1v) is 9.91. The Morgan fingerprint density at radius 2 is 1.25 bits per heavy atom. The number of rotatable bonds is 3. The molecule has 0 N–H and O–H groups in total. The zero-order valence-corrected chi connectivity index (χ0v) is 16.1. The molecule has 0 unspecified atom stereocenters. The monoisotopic (exact) mass is 362 g/mol. The third-order valence-corrected chi connectivity index (χ3v) is 5.88. The van der Waals surface area contributed by atoms with E-state index in [0.29, 0.717) is 0 Å². The summed E-state index contributed by atoms with van der Waals surface area (Å²) in [6.45, 7) is 3.98. The molecule has 4 aromatic rings. The van der Waals surface area contributed by atoms with Crippen molar-refractivity contribution in [1.29, 1.82) is 0 Å². The van der Waals surface area contributed by atoms with Crippen LogP contribution in [0.5, 0.6) is 0 Å². The van der Waals surface area contributed by atoms with Gasteiger partial charge in [-0.15, -0.1) is 0 Å². The highest BCUT2D eigenvalue weighted by Crippen LogP contribution is 2.49. The van der Waals surface area contributed by atoms with Crippen LogP contribution in [0.1, 0.15) is 46.8 Å². The molecular weight excluding hydrogens is 340 g/mol. The highest BCUT2D eigenvalue weighted by molar-refractivity contribution is 6.10. The molecule has 0 atom stereocenters. The predicted molar refractivity (Wildman–Crippen MR) is 116 cm³/mol. The number of Topliss-reactive ketones (excluding diaryl/α,β-unsaturated/α-hetero) is 1. The molecule has 5 rings (SSSR count). The Morgan fingerprint density at radius 3 is 1.89 bits per heavy atom. The van der Waals surface area contributed by atoms with Crippen LogP contribution in [0.25, 0.3) is 21.9 Å². The second-order valence-electron chi connectivity index (χ2n) is 7.88. The van der Waals surface area contributed by atoms with Gasteiger partial charge in [0.15, 0.2) is 5.78 Å². The van der Waals surface area contributed by atoms with Crippen molar-refractivity contribution < 1.29 is 4.79 Å². The van der Waals surface area contributed by atoms with Crippen molar-refractivity contribution >= 4 is 16.6 Å². The summed E-state index contributed by atoms with van der Waals surface area (Å²) in [5, 5.41) is 2.18. The maximum absolute atomic E-state index is 13.4. The molecule has 136 valence electrons. The summed E-state index contributed by atoms with van der Waals surface area (Å²) >= 11 is 0. The van der Waals surface area contributed by atoms with Gasteiger partial charge in [0.1, 0.15) is 0 Å². The summed E-state index contributed by atoms with van der Waals surface area (Å²) in [7, 11) is 0. The lowest BCUT2D eigenvalue weighted by Crippen LogP contribution is -2.14. The zero-order chi connectivity index (χ0) is 19.3. The van der Waals surface area contributed by atoms with Crippen molar-refractivity contribution in [2.45, 2.75) is 19.8 Å². The first kappa shape index (κ1) is 16.9. The fourth-order valence-electron chi connectivity index (χ4n) is 4.58. The van der Waals surface area contributed by atoms with Gasteiger partial charge in [-0.2, -0.15) is 0 Å². The summed E-state index contributed by atoms with van der Waals surface area (Å²) in [6, 6.07) is 29.8. The number of benzene rings is 4. The van der Waals surface area contributed by atoms with Gasteiger partial charge in [-0.25, -0.2) is 0 Å². The summed E-state index contributed by atoms with van der Waals surface area (Å²) in [6.07, 6.45) is 0. The van der Waals surface area contributed by atoms with Gasteiger partial charge in [0.05, 0.1) is 0 Å². The Kier molecular flexibility index (Phi) is 3.91. The molecule has 4 aromatic carbocycles. The fourth-order valence-corrected chi connectivity index (χ4v) is 4.58. The molecule has 0 amide bonds. The van der Waals surface area contributed by atoms with E-state index in [-0.39, 0.29) is 17.6 Å². The molecule has 0 radical (unpaired) electrons. The van der Waals surface area contributed by atoms with Crippen LogP contribution in [0.15, 0.2) is 84.9 Å². The third-order valence-electron chi connectivity index (χ3n) is 5.88. The first-order valence-electron chi connectivity index (χ1n) is 9.91. The van der Waals surface area contributed by atoms with Gasteiger partial charge >= 0.3 is 0 Å². The van der Waals surface area contributed by atoms with E-state index in [2.05, 4.69) is 72.8 Å². The Morgan fingerprint density at radius 1 is 0.679 bits per heavy atom. The summed E-state index contributed by atoms with van der Waals surface area (Å²) in [5.41, 5.74) is 7.13. The first-order chi connectivity index (χ1) is 13.7. The molecule has 28 heavy (non-hydrogen) atoms. The molecule has 0 bridgehead atoms. The molecule has 1 aliphatic rings. The van der Waals surface area contributed by atoms with E-state index in [1.54, 1.807) is 0 Å². The maximum Gasteiger partial charge on any atom is 0.166 e. The molecule has 1 nitrogen and oxygen atoms in total. The molecule has 1 heteroatoms. The number of hydrogen-bond acceptors (Lipinski definition) is 1. The van der Waals surface area contributed by atoms with Crippen molar-refractivity contribution in [1.82, 2.24) is 0 Å². The van der Waals surface area contributed by atoms with Crippen molar-refractivity contribution in [3.63, 3.8) is 0 Å². The molecule has 0 saturated carbocycles. The molecule has 1 aliphatic carbocycles. The Balaban J connectivity index is 1.85. The highest BCUT2D eigenvalue weighted by Gasteiger charge is 2.32. The number of hydrogen-bond donors (Lipinski definition) is 0. The van der Waals surface area contributed by atoms with Gasteiger partial charge in [-0.3, -0.25) is 4.79 Å². The van der Waals surface area contributed by atoms with Crippen LogP contribution in [-0.4, -0.2) is 5.78 Å².